The fourth-order valence-electron chi connectivity index (χ4n) is 2.37. The van der Waals surface area contributed by atoms with Crippen molar-refractivity contribution in [1.82, 2.24) is 14.5 Å². The van der Waals surface area contributed by atoms with Crippen LogP contribution >= 0.6 is 46.4 Å². The molecular formula is C16H9Cl4N3O2. The monoisotopic (exact) mass is 415 g/mol. The van der Waals surface area contributed by atoms with E-state index in [-0.39, 0.29) is 17.4 Å². The first-order valence-corrected chi connectivity index (χ1v) is 8.42. The quantitative estimate of drug-likeness (QED) is 0.626. The summed E-state index contributed by atoms with van der Waals surface area (Å²) in [5, 5.41) is 10.7. The summed E-state index contributed by atoms with van der Waals surface area (Å²) in [6, 6.07) is 6.56. The lowest BCUT2D eigenvalue weighted by atomic mass is 10.2. The number of carboxylic acids is 1. The maximum Gasteiger partial charge on any atom is 0.355 e. The van der Waals surface area contributed by atoms with E-state index < -0.39 is 5.97 Å². The Morgan fingerprint density at radius 3 is 2.52 bits per heavy atom. The van der Waals surface area contributed by atoms with Crippen molar-refractivity contribution >= 4 is 52.4 Å². The van der Waals surface area contributed by atoms with Crippen molar-refractivity contribution in [2.45, 2.75) is 6.54 Å². The summed E-state index contributed by atoms with van der Waals surface area (Å²) < 4.78 is 1.44. The molecular weight excluding hydrogens is 408 g/mol. The Morgan fingerprint density at radius 2 is 1.84 bits per heavy atom. The standard InChI is InChI=1S/C16H9Cl4N3O2/c17-10-1-2-12(19)9(4-10)7-23-13(16(24)25)14(20)22-15(23)8-3-11(18)6-21-5-8/h1-6H,7H2,(H,24,25). The van der Waals surface area contributed by atoms with E-state index in [1.54, 1.807) is 24.3 Å². The van der Waals surface area contributed by atoms with E-state index in [1.807, 2.05) is 0 Å². The van der Waals surface area contributed by atoms with Crippen LogP contribution in [0.5, 0.6) is 0 Å². The predicted molar refractivity (Wildman–Crippen MR) is 98.0 cm³/mol. The molecule has 128 valence electrons. The molecule has 0 amide bonds. The Bertz CT molecular complexity index is 972. The molecule has 1 N–H and O–H groups in total. The lowest BCUT2D eigenvalue weighted by Crippen LogP contribution is -2.11. The number of halogens is 4. The highest BCUT2D eigenvalue weighted by Gasteiger charge is 2.23. The van der Waals surface area contributed by atoms with E-state index >= 15 is 0 Å². The number of aromatic carboxylic acids is 1. The molecule has 2 heterocycles. The van der Waals surface area contributed by atoms with Crippen molar-refractivity contribution in [2.75, 3.05) is 0 Å². The van der Waals surface area contributed by atoms with Gasteiger partial charge < -0.3 is 9.67 Å². The summed E-state index contributed by atoms with van der Waals surface area (Å²) in [7, 11) is 0. The number of hydrogen-bond acceptors (Lipinski definition) is 3. The minimum absolute atomic E-state index is 0.114. The maximum absolute atomic E-state index is 11.7. The molecule has 0 saturated heterocycles. The lowest BCUT2D eigenvalue weighted by Gasteiger charge is -2.12. The highest BCUT2D eigenvalue weighted by molar-refractivity contribution is 6.34. The molecule has 0 aliphatic heterocycles. The van der Waals surface area contributed by atoms with Gasteiger partial charge >= 0.3 is 5.97 Å². The second kappa shape index (κ2) is 7.22. The van der Waals surface area contributed by atoms with Gasteiger partial charge in [0.1, 0.15) is 5.82 Å². The smallest absolute Gasteiger partial charge is 0.355 e. The summed E-state index contributed by atoms with van der Waals surface area (Å²) in [6.45, 7) is 0.114. The zero-order valence-corrected chi connectivity index (χ0v) is 15.4. The SMILES string of the molecule is O=C(O)c1c(Cl)nc(-c2cncc(Cl)c2)n1Cc1cc(Cl)ccc1Cl. The van der Waals surface area contributed by atoms with Crippen molar-refractivity contribution in [3.63, 3.8) is 0 Å². The molecule has 3 rings (SSSR count). The Labute approximate surface area is 162 Å². The molecule has 1 aromatic carbocycles. The molecule has 0 saturated carbocycles. The molecule has 0 unspecified atom stereocenters. The van der Waals surface area contributed by atoms with Gasteiger partial charge in [-0.15, -0.1) is 0 Å². The van der Waals surface area contributed by atoms with E-state index in [4.69, 9.17) is 46.4 Å². The van der Waals surface area contributed by atoms with Crippen molar-refractivity contribution in [1.29, 1.82) is 0 Å². The number of benzene rings is 1. The van der Waals surface area contributed by atoms with Crippen LogP contribution in [-0.4, -0.2) is 25.6 Å². The van der Waals surface area contributed by atoms with Crippen molar-refractivity contribution in [3.05, 3.63) is 68.1 Å². The third-order valence-electron chi connectivity index (χ3n) is 3.43. The lowest BCUT2D eigenvalue weighted by molar-refractivity contribution is 0.0686. The first kappa shape index (κ1) is 18.0. The summed E-state index contributed by atoms with van der Waals surface area (Å²) in [4.78, 5) is 19.8. The van der Waals surface area contributed by atoms with E-state index in [1.165, 1.54) is 17.0 Å². The van der Waals surface area contributed by atoms with Gasteiger partial charge in [0.15, 0.2) is 10.8 Å². The van der Waals surface area contributed by atoms with Crippen LogP contribution in [0.15, 0.2) is 36.7 Å². The van der Waals surface area contributed by atoms with Gasteiger partial charge in [0.05, 0.1) is 11.6 Å². The number of carbonyl (C=O) groups is 1. The zero-order chi connectivity index (χ0) is 18.1. The minimum atomic E-state index is -1.21. The van der Waals surface area contributed by atoms with Crippen LogP contribution in [0.2, 0.25) is 20.2 Å². The molecule has 3 aromatic rings. The van der Waals surface area contributed by atoms with Crippen LogP contribution in [0.25, 0.3) is 11.4 Å². The predicted octanol–water partition coefficient (Wildman–Crippen LogP) is 5.31. The molecule has 0 spiro atoms. The third-order valence-corrected chi connectivity index (χ3v) is 4.50. The number of hydrogen-bond donors (Lipinski definition) is 1. The highest BCUT2D eigenvalue weighted by Crippen LogP contribution is 2.30. The van der Waals surface area contributed by atoms with Gasteiger partial charge in [0, 0.05) is 28.0 Å². The van der Waals surface area contributed by atoms with E-state index in [0.29, 0.717) is 32.0 Å². The molecule has 2 aromatic heterocycles. The zero-order valence-electron chi connectivity index (χ0n) is 12.4. The largest absolute Gasteiger partial charge is 0.476 e. The van der Waals surface area contributed by atoms with Crippen LogP contribution in [0, 0.1) is 0 Å². The fraction of sp³-hybridized carbons (Fsp3) is 0.0625. The number of rotatable bonds is 4. The number of nitrogens with zero attached hydrogens (tertiary/aromatic N) is 3. The fourth-order valence-corrected chi connectivity index (χ4v) is 3.18. The summed E-state index contributed by atoms with van der Waals surface area (Å²) in [5.41, 5.74) is 0.995. The third kappa shape index (κ3) is 3.75. The van der Waals surface area contributed by atoms with E-state index in [0.717, 1.165) is 0 Å². The first-order chi connectivity index (χ1) is 11.9. The van der Waals surface area contributed by atoms with Gasteiger partial charge in [-0.3, -0.25) is 4.98 Å². The van der Waals surface area contributed by atoms with Gasteiger partial charge in [-0.1, -0.05) is 46.4 Å². The Morgan fingerprint density at radius 1 is 1.08 bits per heavy atom. The molecule has 5 nitrogen and oxygen atoms in total. The second-order valence-electron chi connectivity index (χ2n) is 5.09. The summed E-state index contributed by atoms with van der Waals surface area (Å²) in [5.74, 6) is -0.898. The van der Waals surface area contributed by atoms with Crippen LogP contribution in [0.3, 0.4) is 0 Å². The van der Waals surface area contributed by atoms with Gasteiger partial charge in [-0.05, 0) is 29.8 Å². The van der Waals surface area contributed by atoms with Crippen LogP contribution < -0.4 is 0 Å². The van der Waals surface area contributed by atoms with Gasteiger partial charge in [0.2, 0.25) is 0 Å². The molecule has 0 bridgehead atoms. The van der Waals surface area contributed by atoms with Gasteiger partial charge in [-0.2, -0.15) is 0 Å². The average molecular weight is 417 g/mol. The van der Waals surface area contributed by atoms with Gasteiger partial charge in [-0.25, -0.2) is 9.78 Å². The number of aromatic nitrogens is 3. The maximum atomic E-state index is 11.7. The molecule has 0 aliphatic rings. The van der Waals surface area contributed by atoms with Crippen molar-refractivity contribution in [2.24, 2.45) is 0 Å². The average Bonchev–Trinajstić information content (AvgIpc) is 2.87. The second-order valence-corrected chi connectivity index (χ2v) is 6.73. The first-order valence-electron chi connectivity index (χ1n) is 6.91. The van der Waals surface area contributed by atoms with Crippen LogP contribution in [0.4, 0.5) is 0 Å². The molecule has 9 heteroatoms. The molecule has 0 radical (unpaired) electrons. The van der Waals surface area contributed by atoms with E-state index in [2.05, 4.69) is 9.97 Å². The Hall–Kier alpha value is -1.79. The highest BCUT2D eigenvalue weighted by atomic mass is 35.5. The number of pyridine rings is 1. The number of carboxylic acid groups (broad SMARTS) is 1. The van der Waals surface area contributed by atoms with Crippen molar-refractivity contribution < 1.29 is 9.90 Å². The van der Waals surface area contributed by atoms with E-state index in [9.17, 15) is 9.90 Å². The van der Waals surface area contributed by atoms with Crippen LogP contribution in [0.1, 0.15) is 16.1 Å². The Balaban J connectivity index is 2.19. The summed E-state index contributed by atoms with van der Waals surface area (Å²) in [6.07, 6.45) is 2.98. The van der Waals surface area contributed by atoms with Crippen molar-refractivity contribution in [3.8, 4) is 11.4 Å². The van der Waals surface area contributed by atoms with Gasteiger partial charge in [0.25, 0.3) is 0 Å². The molecule has 0 aliphatic carbocycles. The Kier molecular flexibility index (Phi) is 5.20. The molecule has 0 atom stereocenters. The summed E-state index contributed by atoms with van der Waals surface area (Å²) >= 11 is 24.2. The minimum Gasteiger partial charge on any atom is -0.476 e. The number of imidazole rings is 1. The molecule has 25 heavy (non-hydrogen) atoms. The van der Waals surface area contributed by atoms with Crippen LogP contribution in [-0.2, 0) is 6.54 Å². The topological polar surface area (TPSA) is 68.0 Å². The molecule has 0 fully saturated rings. The normalized spacial score (nSPS) is 10.9.